The Labute approximate surface area is 153 Å². The highest BCUT2D eigenvalue weighted by molar-refractivity contribution is 14.1. The van der Waals surface area contributed by atoms with Crippen molar-refractivity contribution in [3.8, 4) is 23.3 Å². The number of halogens is 2. The molecule has 1 aromatic carbocycles. The minimum Gasteiger partial charge on any atom is -0.438 e. The van der Waals surface area contributed by atoms with Gasteiger partial charge in [0.05, 0.1) is 24.8 Å². The third-order valence-electron chi connectivity index (χ3n) is 2.46. The van der Waals surface area contributed by atoms with Crippen LogP contribution in [-0.4, -0.2) is 19.9 Å². The lowest BCUT2D eigenvalue weighted by Gasteiger charge is -2.06. The molecule has 110 valence electrons. The highest BCUT2D eigenvalue weighted by Crippen LogP contribution is 2.24. The van der Waals surface area contributed by atoms with Gasteiger partial charge in [-0.25, -0.2) is 19.9 Å². The van der Waals surface area contributed by atoms with Crippen LogP contribution >= 0.6 is 45.2 Å². The van der Waals surface area contributed by atoms with Gasteiger partial charge in [-0.3, -0.25) is 0 Å². The Morgan fingerprint density at radius 2 is 1.00 bits per heavy atom. The molecule has 0 unspecified atom stereocenters. The fourth-order valence-electron chi connectivity index (χ4n) is 1.52. The summed E-state index contributed by atoms with van der Waals surface area (Å²) in [6.07, 6.45) is 6.44. The number of nitrogens with zero attached hydrogens (tertiary/aromatic N) is 4. The van der Waals surface area contributed by atoms with Crippen LogP contribution < -0.4 is 9.47 Å². The molecule has 3 aromatic rings. The number of benzene rings is 1. The average Bonchev–Trinajstić information content (AvgIpc) is 2.54. The van der Waals surface area contributed by atoms with Crippen molar-refractivity contribution in [2.45, 2.75) is 0 Å². The highest BCUT2D eigenvalue weighted by atomic mass is 127. The van der Waals surface area contributed by atoms with Crippen LogP contribution in [0.15, 0.2) is 49.1 Å². The molecule has 0 N–H and O–H groups in total. The maximum Gasteiger partial charge on any atom is 0.237 e. The van der Waals surface area contributed by atoms with Gasteiger partial charge in [0.1, 0.15) is 18.9 Å². The molecular weight excluding hydrogens is 510 g/mol. The molecule has 0 radical (unpaired) electrons. The van der Waals surface area contributed by atoms with Gasteiger partial charge in [-0.05, 0) is 69.4 Å². The third-order valence-corrected chi connectivity index (χ3v) is 3.58. The second-order valence-corrected chi connectivity index (χ2v) is 6.24. The Hall–Kier alpha value is -1.56. The van der Waals surface area contributed by atoms with E-state index in [-0.39, 0.29) is 0 Å². The second-order valence-electron chi connectivity index (χ2n) is 4.03. The van der Waals surface area contributed by atoms with Gasteiger partial charge in [0.25, 0.3) is 0 Å². The number of hydrogen-bond donors (Lipinski definition) is 0. The molecule has 0 spiro atoms. The Balaban J connectivity index is 1.67. The van der Waals surface area contributed by atoms with Crippen molar-refractivity contribution >= 4 is 45.2 Å². The maximum absolute atomic E-state index is 5.59. The molecule has 0 atom stereocenters. The minimum atomic E-state index is 0.442. The first kappa shape index (κ1) is 15.3. The van der Waals surface area contributed by atoms with E-state index >= 15 is 0 Å². The van der Waals surface area contributed by atoms with Crippen LogP contribution in [-0.2, 0) is 0 Å². The van der Waals surface area contributed by atoms with Gasteiger partial charge >= 0.3 is 0 Å². The predicted octanol–water partition coefficient (Wildman–Crippen LogP) is 4.06. The van der Waals surface area contributed by atoms with Crippen LogP contribution in [0, 0.1) is 7.40 Å². The molecule has 0 saturated heterocycles. The van der Waals surface area contributed by atoms with Crippen LogP contribution in [0.25, 0.3) is 0 Å². The van der Waals surface area contributed by atoms with Gasteiger partial charge in [0.2, 0.25) is 11.8 Å². The molecule has 0 aliphatic heterocycles. The van der Waals surface area contributed by atoms with E-state index in [1.807, 2.05) is 0 Å². The molecule has 0 amide bonds. The number of aromatic nitrogens is 4. The summed E-state index contributed by atoms with van der Waals surface area (Å²) < 4.78 is 12.8. The van der Waals surface area contributed by atoms with Gasteiger partial charge in [-0.1, -0.05) is 0 Å². The number of hydrogen-bond acceptors (Lipinski definition) is 6. The molecule has 0 saturated carbocycles. The Kier molecular flexibility index (Phi) is 4.97. The standard InChI is InChI=1S/C14H8I2N4O2/c15-11-5-19-13(7-17-11)21-9-1-2-10(4-3-9)22-14-8-18-12(16)6-20-14/h1-8H. The molecule has 0 aliphatic carbocycles. The fourth-order valence-corrected chi connectivity index (χ4v) is 2.08. The maximum atomic E-state index is 5.59. The van der Waals surface area contributed by atoms with E-state index in [1.54, 1.807) is 49.1 Å². The molecule has 0 fully saturated rings. The lowest BCUT2D eigenvalue weighted by atomic mass is 10.3. The van der Waals surface area contributed by atoms with Crippen molar-refractivity contribution in [3.63, 3.8) is 0 Å². The van der Waals surface area contributed by atoms with E-state index < -0.39 is 0 Å². The van der Waals surface area contributed by atoms with Crippen molar-refractivity contribution in [2.24, 2.45) is 0 Å². The fraction of sp³-hybridized carbons (Fsp3) is 0. The third kappa shape index (κ3) is 4.22. The summed E-state index contributed by atoms with van der Waals surface area (Å²) in [4.78, 5) is 16.5. The Bertz CT molecular complexity index is 683. The monoisotopic (exact) mass is 518 g/mol. The summed E-state index contributed by atoms with van der Waals surface area (Å²) in [7, 11) is 0. The van der Waals surface area contributed by atoms with Gasteiger partial charge in [0, 0.05) is 0 Å². The Morgan fingerprint density at radius 1 is 0.591 bits per heavy atom. The summed E-state index contributed by atoms with van der Waals surface area (Å²) in [5.41, 5.74) is 0. The molecule has 0 aliphatic rings. The summed E-state index contributed by atoms with van der Waals surface area (Å²) in [5, 5.41) is 0. The van der Waals surface area contributed by atoms with Gasteiger partial charge < -0.3 is 9.47 Å². The van der Waals surface area contributed by atoms with E-state index in [2.05, 4.69) is 65.1 Å². The molecule has 0 bridgehead atoms. The van der Waals surface area contributed by atoms with E-state index in [9.17, 15) is 0 Å². The van der Waals surface area contributed by atoms with Crippen molar-refractivity contribution in [3.05, 3.63) is 56.5 Å². The first-order valence-electron chi connectivity index (χ1n) is 6.10. The minimum absolute atomic E-state index is 0.442. The molecular formula is C14H8I2N4O2. The Morgan fingerprint density at radius 3 is 1.32 bits per heavy atom. The highest BCUT2D eigenvalue weighted by Gasteiger charge is 2.02. The number of ether oxygens (including phenoxy) is 2. The van der Waals surface area contributed by atoms with E-state index in [1.165, 1.54) is 0 Å². The van der Waals surface area contributed by atoms with E-state index in [4.69, 9.17) is 9.47 Å². The first-order chi connectivity index (χ1) is 10.7. The molecule has 2 aromatic heterocycles. The van der Waals surface area contributed by atoms with Crippen molar-refractivity contribution in [2.75, 3.05) is 0 Å². The van der Waals surface area contributed by atoms with Gasteiger partial charge in [-0.15, -0.1) is 0 Å². The van der Waals surface area contributed by atoms with Gasteiger partial charge in [0.15, 0.2) is 0 Å². The topological polar surface area (TPSA) is 70.0 Å². The summed E-state index contributed by atoms with van der Waals surface area (Å²) >= 11 is 4.17. The van der Waals surface area contributed by atoms with Crippen molar-refractivity contribution < 1.29 is 9.47 Å². The normalized spacial score (nSPS) is 10.3. The first-order valence-corrected chi connectivity index (χ1v) is 8.26. The molecule has 6 nitrogen and oxygen atoms in total. The summed E-state index contributed by atoms with van der Waals surface area (Å²) in [5.74, 6) is 2.18. The van der Waals surface area contributed by atoms with E-state index in [0.29, 0.717) is 23.3 Å². The smallest absolute Gasteiger partial charge is 0.237 e. The SMILES string of the molecule is Ic1cnc(Oc2ccc(Oc3cnc(I)cn3)cc2)cn1. The van der Waals surface area contributed by atoms with Crippen LogP contribution in [0.5, 0.6) is 23.3 Å². The number of rotatable bonds is 4. The molecule has 22 heavy (non-hydrogen) atoms. The predicted molar refractivity (Wildman–Crippen MR) is 96.1 cm³/mol. The van der Waals surface area contributed by atoms with Gasteiger partial charge in [-0.2, -0.15) is 0 Å². The van der Waals surface area contributed by atoms with Crippen LogP contribution in [0.1, 0.15) is 0 Å². The lowest BCUT2D eigenvalue weighted by Crippen LogP contribution is -1.92. The largest absolute Gasteiger partial charge is 0.438 e. The van der Waals surface area contributed by atoms with Crippen LogP contribution in [0.2, 0.25) is 0 Å². The average molecular weight is 518 g/mol. The lowest BCUT2D eigenvalue weighted by molar-refractivity contribution is 0.447. The zero-order chi connectivity index (χ0) is 15.4. The van der Waals surface area contributed by atoms with Crippen LogP contribution in [0.4, 0.5) is 0 Å². The second kappa shape index (κ2) is 7.13. The zero-order valence-corrected chi connectivity index (χ0v) is 15.3. The van der Waals surface area contributed by atoms with Crippen molar-refractivity contribution in [1.29, 1.82) is 0 Å². The molecule has 2 heterocycles. The van der Waals surface area contributed by atoms with E-state index in [0.717, 1.165) is 7.40 Å². The van der Waals surface area contributed by atoms with Crippen LogP contribution in [0.3, 0.4) is 0 Å². The molecule has 8 heteroatoms. The summed E-state index contributed by atoms with van der Waals surface area (Å²) in [6, 6.07) is 7.15. The quantitative estimate of drug-likeness (QED) is 0.486. The zero-order valence-electron chi connectivity index (χ0n) is 11.0. The van der Waals surface area contributed by atoms with Crippen molar-refractivity contribution in [1.82, 2.24) is 19.9 Å². The molecule has 3 rings (SSSR count). The summed E-state index contributed by atoms with van der Waals surface area (Å²) in [6.45, 7) is 0.